The van der Waals surface area contributed by atoms with Gasteiger partial charge in [0.05, 0.1) is 7.11 Å². The fourth-order valence-corrected chi connectivity index (χ4v) is 2.48. The molecular weight excluding hydrogens is 272 g/mol. The monoisotopic (exact) mass is 282 g/mol. The fraction of sp³-hybridized carbons (Fsp3) is 0.273. The third-order valence-electron chi connectivity index (χ3n) is 2.02. The normalized spacial score (nSPS) is 10.4. The van der Waals surface area contributed by atoms with Crippen LogP contribution < -0.4 is 4.74 Å². The average Bonchev–Trinajstić information content (AvgIpc) is 2.26. The maximum Gasteiger partial charge on any atom is 0.321 e. The highest BCUT2D eigenvalue weighted by atomic mass is 35.5. The predicted molar refractivity (Wildman–Crippen MR) is 69.2 cm³/mol. The molecule has 0 aliphatic rings. The molecule has 2 aromatic heterocycles. The molecule has 0 N–H and O–H groups in total. The van der Waals surface area contributed by atoms with Crippen molar-refractivity contribution in [3.8, 4) is 6.01 Å². The van der Waals surface area contributed by atoms with Gasteiger partial charge in [0.25, 0.3) is 0 Å². The van der Waals surface area contributed by atoms with E-state index in [-0.39, 0.29) is 11.3 Å². The average molecular weight is 283 g/mol. The SMILES string of the molecule is COc1nc(Cl)nc(Sc2cc(C)cc(C)n2)n1. The first-order valence-corrected chi connectivity index (χ1v) is 6.35. The van der Waals surface area contributed by atoms with Crippen molar-refractivity contribution in [2.24, 2.45) is 0 Å². The summed E-state index contributed by atoms with van der Waals surface area (Å²) in [6.45, 7) is 3.96. The summed E-state index contributed by atoms with van der Waals surface area (Å²) in [6.07, 6.45) is 0. The second kappa shape index (κ2) is 5.49. The number of aryl methyl sites for hydroxylation is 2. The van der Waals surface area contributed by atoms with E-state index in [1.54, 1.807) is 0 Å². The Hall–Kier alpha value is -1.40. The van der Waals surface area contributed by atoms with Crippen molar-refractivity contribution in [2.45, 2.75) is 24.0 Å². The number of nitrogens with zero attached hydrogens (tertiary/aromatic N) is 4. The summed E-state index contributed by atoms with van der Waals surface area (Å²) in [5.41, 5.74) is 2.08. The molecular formula is C11H11ClN4OS. The lowest BCUT2D eigenvalue weighted by Gasteiger charge is -2.04. The summed E-state index contributed by atoms with van der Waals surface area (Å²) >= 11 is 7.10. The van der Waals surface area contributed by atoms with Crippen LogP contribution in [0.15, 0.2) is 22.3 Å². The lowest BCUT2D eigenvalue weighted by molar-refractivity contribution is 0.373. The summed E-state index contributed by atoms with van der Waals surface area (Å²) in [7, 11) is 1.48. The molecule has 7 heteroatoms. The second-order valence-electron chi connectivity index (χ2n) is 3.60. The zero-order valence-corrected chi connectivity index (χ0v) is 11.7. The van der Waals surface area contributed by atoms with Gasteiger partial charge in [-0.1, -0.05) is 0 Å². The zero-order valence-electron chi connectivity index (χ0n) is 10.1. The molecule has 0 amide bonds. The quantitative estimate of drug-likeness (QED) is 0.862. The van der Waals surface area contributed by atoms with Crippen molar-refractivity contribution in [1.82, 2.24) is 19.9 Å². The van der Waals surface area contributed by atoms with Gasteiger partial charge in [-0.2, -0.15) is 15.0 Å². The maximum atomic E-state index is 5.78. The van der Waals surface area contributed by atoms with E-state index in [1.165, 1.54) is 18.9 Å². The predicted octanol–water partition coefficient (Wildman–Crippen LogP) is 2.70. The van der Waals surface area contributed by atoms with E-state index < -0.39 is 0 Å². The molecule has 2 rings (SSSR count). The molecule has 0 saturated carbocycles. The Morgan fingerprint density at radius 1 is 1.11 bits per heavy atom. The molecule has 0 radical (unpaired) electrons. The van der Waals surface area contributed by atoms with Crippen LogP contribution >= 0.6 is 23.4 Å². The zero-order chi connectivity index (χ0) is 13.1. The Morgan fingerprint density at radius 3 is 2.56 bits per heavy atom. The van der Waals surface area contributed by atoms with Crippen molar-refractivity contribution in [3.05, 3.63) is 28.7 Å². The van der Waals surface area contributed by atoms with Gasteiger partial charge in [0.1, 0.15) is 5.03 Å². The van der Waals surface area contributed by atoms with Gasteiger partial charge >= 0.3 is 6.01 Å². The van der Waals surface area contributed by atoms with Crippen LogP contribution in [-0.2, 0) is 0 Å². The van der Waals surface area contributed by atoms with E-state index in [4.69, 9.17) is 16.3 Å². The molecule has 18 heavy (non-hydrogen) atoms. The third kappa shape index (κ3) is 3.30. The molecule has 0 aliphatic carbocycles. The number of rotatable bonds is 3. The van der Waals surface area contributed by atoms with Crippen LogP contribution in [0, 0.1) is 13.8 Å². The highest BCUT2D eigenvalue weighted by Crippen LogP contribution is 2.25. The number of ether oxygens (including phenoxy) is 1. The van der Waals surface area contributed by atoms with Crippen molar-refractivity contribution in [1.29, 1.82) is 0 Å². The first kappa shape index (κ1) is 13.0. The van der Waals surface area contributed by atoms with Gasteiger partial charge in [-0.25, -0.2) is 4.98 Å². The first-order valence-electron chi connectivity index (χ1n) is 5.15. The molecule has 0 atom stereocenters. The Bertz CT molecular complexity index is 559. The minimum absolute atomic E-state index is 0.105. The Balaban J connectivity index is 2.30. The highest BCUT2D eigenvalue weighted by Gasteiger charge is 2.08. The molecule has 0 aromatic carbocycles. The number of hydrogen-bond acceptors (Lipinski definition) is 6. The number of hydrogen-bond donors (Lipinski definition) is 0. The maximum absolute atomic E-state index is 5.78. The Morgan fingerprint density at radius 2 is 1.89 bits per heavy atom. The van der Waals surface area contributed by atoms with E-state index in [0.29, 0.717) is 5.16 Å². The Kier molecular flexibility index (Phi) is 3.98. The van der Waals surface area contributed by atoms with E-state index in [9.17, 15) is 0 Å². The van der Waals surface area contributed by atoms with Crippen molar-refractivity contribution >= 4 is 23.4 Å². The van der Waals surface area contributed by atoms with Crippen molar-refractivity contribution < 1.29 is 4.74 Å². The highest BCUT2D eigenvalue weighted by molar-refractivity contribution is 7.99. The van der Waals surface area contributed by atoms with E-state index in [2.05, 4.69) is 19.9 Å². The third-order valence-corrected chi connectivity index (χ3v) is 2.97. The van der Waals surface area contributed by atoms with Crippen LogP contribution in [0.1, 0.15) is 11.3 Å². The van der Waals surface area contributed by atoms with Crippen LogP contribution in [0.5, 0.6) is 6.01 Å². The largest absolute Gasteiger partial charge is 0.467 e. The van der Waals surface area contributed by atoms with E-state index in [0.717, 1.165) is 16.3 Å². The number of halogens is 1. The summed E-state index contributed by atoms with van der Waals surface area (Å²) < 4.78 is 4.94. The van der Waals surface area contributed by atoms with E-state index >= 15 is 0 Å². The van der Waals surface area contributed by atoms with Gasteiger partial charge in [0, 0.05) is 5.69 Å². The van der Waals surface area contributed by atoms with Gasteiger partial charge in [-0.05, 0) is 54.9 Å². The second-order valence-corrected chi connectivity index (χ2v) is 4.93. The summed E-state index contributed by atoms with van der Waals surface area (Å²) in [5.74, 6) is 0. The van der Waals surface area contributed by atoms with Crippen molar-refractivity contribution in [3.63, 3.8) is 0 Å². The standard InChI is InChI=1S/C11H11ClN4OS/c1-6-4-7(2)13-8(5-6)18-11-15-9(12)14-10(16-11)17-3/h4-5H,1-3H3. The smallest absolute Gasteiger partial charge is 0.321 e. The molecule has 0 saturated heterocycles. The molecule has 0 unspecified atom stereocenters. The summed E-state index contributed by atoms with van der Waals surface area (Å²) in [6, 6.07) is 4.16. The minimum Gasteiger partial charge on any atom is -0.467 e. The minimum atomic E-state index is 0.105. The molecule has 5 nitrogen and oxygen atoms in total. The van der Waals surface area contributed by atoms with Crippen LogP contribution in [0.3, 0.4) is 0 Å². The molecule has 2 heterocycles. The molecule has 0 fully saturated rings. The Labute approximate surface area is 114 Å². The molecule has 0 spiro atoms. The number of methoxy groups -OCH3 is 1. The fourth-order valence-electron chi connectivity index (χ4n) is 1.40. The van der Waals surface area contributed by atoms with Crippen LogP contribution in [-0.4, -0.2) is 27.0 Å². The number of pyridine rings is 1. The van der Waals surface area contributed by atoms with Crippen molar-refractivity contribution in [2.75, 3.05) is 7.11 Å². The van der Waals surface area contributed by atoms with Gasteiger partial charge in [0.2, 0.25) is 10.4 Å². The first-order chi connectivity index (χ1) is 8.56. The summed E-state index contributed by atoms with van der Waals surface area (Å²) in [4.78, 5) is 16.3. The van der Waals surface area contributed by atoms with Crippen LogP contribution in [0.2, 0.25) is 5.28 Å². The number of aromatic nitrogens is 4. The topological polar surface area (TPSA) is 60.8 Å². The van der Waals surface area contributed by atoms with Crippen LogP contribution in [0.25, 0.3) is 0 Å². The molecule has 0 aliphatic heterocycles. The van der Waals surface area contributed by atoms with Crippen LogP contribution in [0.4, 0.5) is 0 Å². The molecule has 0 bridgehead atoms. The van der Waals surface area contributed by atoms with Gasteiger partial charge in [-0.3, -0.25) is 0 Å². The molecule has 94 valence electrons. The summed E-state index contributed by atoms with van der Waals surface area (Å²) in [5, 5.41) is 1.38. The molecule has 2 aromatic rings. The van der Waals surface area contributed by atoms with Gasteiger partial charge in [0.15, 0.2) is 0 Å². The van der Waals surface area contributed by atoms with Gasteiger partial charge in [-0.15, -0.1) is 0 Å². The van der Waals surface area contributed by atoms with E-state index in [1.807, 2.05) is 26.0 Å². The van der Waals surface area contributed by atoms with Gasteiger partial charge < -0.3 is 4.74 Å². The lowest BCUT2D eigenvalue weighted by Crippen LogP contribution is -1.97. The lowest BCUT2D eigenvalue weighted by atomic mass is 10.3.